The fourth-order valence-electron chi connectivity index (χ4n) is 2.28. The van der Waals surface area contributed by atoms with E-state index >= 15 is 0 Å². The number of H-pyrrole nitrogens is 1. The number of hydrogen-bond donors (Lipinski definition) is 2. The highest BCUT2D eigenvalue weighted by atomic mass is 32.2. The number of aromatic nitrogens is 2. The van der Waals surface area contributed by atoms with E-state index in [1.165, 1.54) is 41.1 Å². The third kappa shape index (κ3) is 3.03. The molecule has 1 saturated carbocycles. The molecular formula is C14H16FN3O3S. The first-order valence-electron chi connectivity index (χ1n) is 6.92. The molecule has 1 heterocycles. The number of aliphatic hydroxyl groups is 1. The van der Waals surface area contributed by atoms with Gasteiger partial charge in [-0.3, -0.25) is 0 Å². The third-order valence-corrected chi connectivity index (χ3v) is 5.47. The van der Waals surface area contributed by atoms with Crippen molar-refractivity contribution in [3.05, 3.63) is 48.2 Å². The molecule has 3 rings (SSSR count). The van der Waals surface area contributed by atoms with E-state index < -0.39 is 21.9 Å². The molecule has 0 bridgehead atoms. The lowest BCUT2D eigenvalue weighted by molar-refractivity contribution is 0.145. The molecule has 118 valence electrons. The number of nitrogens with one attached hydrogen (secondary N) is 1. The fraction of sp³-hybridized carbons (Fsp3) is 0.357. The van der Waals surface area contributed by atoms with E-state index in [9.17, 15) is 17.9 Å². The van der Waals surface area contributed by atoms with Crippen molar-refractivity contribution < 1.29 is 17.9 Å². The van der Waals surface area contributed by atoms with E-state index in [2.05, 4.69) is 9.97 Å². The van der Waals surface area contributed by atoms with Crippen molar-refractivity contribution in [2.75, 3.05) is 6.54 Å². The van der Waals surface area contributed by atoms with E-state index in [0.717, 1.165) is 12.8 Å². The summed E-state index contributed by atoms with van der Waals surface area (Å²) in [5.41, 5.74) is 0.479. The van der Waals surface area contributed by atoms with E-state index in [-0.39, 0.29) is 17.6 Å². The number of rotatable bonds is 6. The van der Waals surface area contributed by atoms with E-state index in [1.54, 1.807) is 0 Å². The van der Waals surface area contributed by atoms with E-state index in [0.29, 0.717) is 5.56 Å². The highest BCUT2D eigenvalue weighted by Gasteiger charge is 2.39. The monoisotopic (exact) mass is 325 g/mol. The summed E-state index contributed by atoms with van der Waals surface area (Å²) in [4.78, 5) is 6.32. The van der Waals surface area contributed by atoms with Crippen LogP contribution in [0.4, 0.5) is 4.39 Å². The summed E-state index contributed by atoms with van der Waals surface area (Å²) < 4.78 is 39.4. The molecular weight excluding hydrogens is 309 g/mol. The molecule has 1 aliphatic rings. The summed E-state index contributed by atoms with van der Waals surface area (Å²) in [6.07, 6.45) is 3.06. The van der Waals surface area contributed by atoms with E-state index in [1.807, 2.05) is 0 Å². The van der Waals surface area contributed by atoms with Gasteiger partial charge in [0.05, 0.1) is 18.6 Å². The van der Waals surface area contributed by atoms with Crippen LogP contribution in [0.3, 0.4) is 0 Å². The summed E-state index contributed by atoms with van der Waals surface area (Å²) in [7, 11) is -3.72. The number of imidazole rings is 1. The quantitative estimate of drug-likeness (QED) is 0.841. The summed E-state index contributed by atoms with van der Waals surface area (Å²) in [6.45, 7) is -0.0718. The van der Waals surface area contributed by atoms with Crippen LogP contribution < -0.4 is 0 Å². The minimum absolute atomic E-state index is 0.00528. The lowest BCUT2D eigenvalue weighted by Gasteiger charge is -2.24. The van der Waals surface area contributed by atoms with E-state index in [4.69, 9.17) is 0 Å². The van der Waals surface area contributed by atoms with Gasteiger partial charge in [-0.05, 0) is 30.5 Å². The summed E-state index contributed by atoms with van der Waals surface area (Å²) in [5.74, 6) is -0.403. The molecule has 2 N–H and O–H groups in total. The summed E-state index contributed by atoms with van der Waals surface area (Å²) >= 11 is 0. The number of sulfonamides is 1. The molecule has 0 spiro atoms. The zero-order valence-electron chi connectivity index (χ0n) is 11.7. The van der Waals surface area contributed by atoms with Crippen LogP contribution in [0.25, 0.3) is 0 Å². The highest BCUT2D eigenvalue weighted by Crippen LogP contribution is 2.33. The van der Waals surface area contributed by atoms with Gasteiger partial charge in [-0.1, -0.05) is 12.1 Å². The minimum Gasteiger partial charge on any atom is -0.387 e. The first-order valence-corrected chi connectivity index (χ1v) is 8.36. The Hall–Kier alpha value is -1.77. The zero-order valence-corrected chi connectivity index (χ0v) is 12.5. The van der Waals surface area contributed by atoms with Gasteiger partial charge < -0.3 is 10.1 Å². The molecule has 1 aromatic heterocycles. The third-order valence-electron chi connectivity index (χ3n) is 3.62. The fourth-order valence-corrected chi connectivity index (χ4v) is 3.87. The van der Waals surface area contributed by atoms with Gasteiger partial charge in [0.15, 0.2) is 5.03 Å². The molecule has 8 heteroatoms. The Morgan fingerprint density at radius 1 is 1.36 bits per heavy atom. The lowest BCUT2D eigenvalue weighted by atomic mass is 10.1. The lowest BCUT2D eigenvalue weighted by Crippen LogP contribution is -2.36. The van der Waals surface area contributed by atoms with Gasteiger partial charge in [-0.2, -0.15) is 4.31 Å². The van der Waals surface area contributed by atoms with Crippen LogP contribution in [0.2, 0.25) is 0 Å². The number of benzene rings is 1. The van der Waals surface area contributed by atoms with Crippen LogP contribution in [0.15, 0.2) is 41.8 Å². The van der Waals surface area contributed by atoms with Crippen molar-refractivity contribution in [3.63, 3.8) is 0 Å². The van der Waals surface area contributed by atoms with Crippen molar-refractivity contribution in [2.45, 2.75) is 30.0 Å². The number of halogens is 1. The largest absolute Gasteiger partial charge is 0.387 e. The van der Waals surface area contributed by atoms with Crippen molar-refractivity contribution in [3.8, 4) is 0 Å². The molecule has 0 unspecified atom stereocenters. The van der Waals surface area contributed by atoms with Gasteiger partial charge in [0.2, 0.25) is 0 Å². The Kier molecular flexibility index (Phi) is 3.98. The van der Waals surface area contributed by atoms with Crippen LogP contribution in [-0.2, 0) is 10.0 Å². The predicted molar refractivity (Wildman–Crippen MR) is 76.9 cm³/mol. The molecule has 2 aromatic rings. The summed E-state index contributed by atoms with van der Waals surface area (Å²) in [6, 6.07) is 5.28. The van der Waals surface area contributed by atoms with Gasteiger partial charge in [0, 0.05) is 12.6 Å². The normalized spacial score (nSPS) is 16.9. The number of nitrogens with zero attached hydrogens (tertiary/aromatic N) is 2. The first-order chi connectivity index (χ1) is 10.5. The van der Waals surface area contributed by atoms with Crippen molar-refractivity contribution in [2.24, 2.45) is 0 Å². The van der Waals surface area contributed by atoms with Crippen LogP contribution >= 0.6 is 0 Å². The van der Waals surface area contributed by atoms with Crippen LogP contribution in [0.5, 0.6) is 0 Å². The van der Waals surface area contributed by atoms with Gasteiger partial charge in [0.1, 0.15) is 5.82 Å². The second-order valence-corrected chi connectivity index (χ2v) is 7.15. The molecule has 22 heavy (non-hydrogen) atoms. The molecule has 1 aromatic carbocycles. The maximum atomic E-state index is 12.9. The van der Waals surface area contributed by atoms with Gasteiger partial charge in [-0.15, -0.1) is 0 Å². The number of aromatic amines is 1. The van der Waals surface area contributed by atoms with Crippen molar-refractivity contribution in [1.82, 2.24) is 14.3 Å². The molecule has 6 nitrogen and oxygen atoms in total. The number of aliphatic hydroxyl groups excluding tert-OH is 1. The topological polar surface area (TPSA) is 86.3 Å². The van der Waals surface area contributed by atoms with Crippen LogP contribution in [0.1, 0.15) is 24.5 Å². The Bertz CT molecular complexity index is 727. The predicted octanol–water partition coefficient (Wildman–Crippen LogP) is 1.44. The van der Waals surface area contributed by atoms with Crippen LogP contribution in [-0.4, -0.2) is 40.4 Å². The molecule has 0 amide bonds. The second kappa shape index (κ2) is 5.79. The van der Waals surface area contributed by atoms with Crippen LogP contribution in [0, 0.1) is 5.82 Å². The minimum atomic E-state index is -3.72. The molecule has 1 atom stereocenters. The second-order valence-electron chi connectivity index (χ2n) is 5.29. The van der Waals surface area contributed by atoms with Gasteiger partial charge in [0.25, 0.3) is 10.0 Å². The Labute approximate surface area is 127 Å². The zero-order chi connectivity index (χ0) is 15.7. The molecule has 0 saturated heterocycles. The molecule has 1 fully saturated rings. The van der Waals surface area contributed by atoms with Crippen molar-refractivity contribution >= 4 is 10.0 Å². The molecule has 0 radical (unpaired) electrons. The average molecular weight is 325 g/mol. The Balaban J connectivity index is 1.82. The first kappa shape index (κ1) is 15.1. The maximum Gasteiger partial charge on any atom is 0.260 e. The average Bonchev–Trinajstić information content (AvgIpc) is 3.16. The number of hydrogen-bond acceptors (Lipinski definition) is 4. The Morgan fingerprint density at radius 2 is 2.05 bits per heavy atom. The SMILES string of the molecule is O=S(=O)(c1cnc[nH]1)N(C[C@H](O)c1ccc(F)cc1)C1CC1. The Morgan fingerprint density at radius 3 is 2.59 bits per heavy atom. The standard InChI is InChI=1S/C14H16FN3O3S/c15-11-3-1-10(2-4-11)13(19)8-18(12-5-6-12)22(20,21)14-7-16-9-17-14/h1-4,7,9,12-13,19H,5-6,8H2,(H,16,17)/t13-/m0/s1. The summed E-state index contributed by atoms with van der Waals surface area (Å²) in [5, 5.41) is 10.3. The van der Waals surface area contributed by atoms with Gasteiger partial charge in [-0.25, -0.2) is 17.8 Å². The smallest absolute Gasteiger partial charge is 0.260 e. The molecule has 1 aliphatic carbocycles. The van der Waals surface area contributed by atoms with Gasteiger partial charge >= 0.3 is 0 Å². The maximum absolute atomic E-state index is 12.9. The molecule has 0 aliphatic heterocycles. The van der Waals surface area contributed by atoms with Crippen molar-refractivity contribution in [1.29, 1.82) is 0 Å². The highest BCUT2D eigenvalue weighted by molar-refractivity contribution is 7.89.